The predicted molar refractivity (Wildman–Crippen MR) is 112 cm³/mol. The summed E-state index contributed by atoms with van der Waals surface area (Å²) < 4.78 is 10.5. The van der Waals surface area contributed by atoms with Gasteiger partial charge in [0.25, 0.3) is 5.69 Å². The summed E-state index contributed by atoms with van der Waals surface area (Å²) in [6.45, 7) is 0. The first kappa shape index (κ1) is 20.5. The standard InChI is InChI=1S/C21H18N4O5/c1-29-18-8-9-19(21(12-18)30-2)22-13-14-11-16(5-10-20(14)26)24-23-15-3-6-17(7-4-15)25(27)28/h3-13,26H,1-2H3. The summed E-state index contributed by atoms with van der Waals surface area (Å²) in [7, 11) is 3.09. The van der Waals surface area contributed by atoms with Gasteiger partial charge in [-0.05, 0) is 42.5 Å². The summed E-state index contributed by atoms with van der Waals surface area (Å²) in [5.41, 5.74) is 1.93. The maximum Gasteiger partial charge on any atom is 0.269 e. The summed E-state index contributed by atoms with van der Waals surface area (Å²) in [4.78, 5) is 14.6. The van der Waals surface area contributed by atoms with E-state index in [9.17, 15) is 15.2 Å². The molecule has 0 aliphatic rings. The number of benzene rings is 3. The van der Waals surface area contributed by atoms with Crippen molar-refractivity contribution in [1.82, 2.24) is 0 Å². The normalized spacial score (nSPS) is 11.1. The van der Waals surface area contributed by atoms with E-state index in [0.717, 1.165) is 0 Å². The largest absolute Gasteiger partial charge is 0.507 e. The number of nitro benzene ring substituents is 1. The number of aliphatic imine (C=N–C) groups is 1. The zero-order chi connectivity index (χ0) is 21.5. The Labute approximate surface area is 172 Å². The van der Waals surface area contributed by atoms with Crippen LogP contribution in [0, 0.1) is 10.1 Å². The van der Waals surface area contributed by atoms with Crippen molar-refractivity contribution >= 4 is 29.0 Å². The quantitative estimate of drug-likeness (QED) is 0.241. The summed E-state index contributed by atoms with van der Waals surface area (Å²) in [6, 6.07) is 15.6. The van der Waals surface area contributed by atoms with Crippen molar-refractivity contribution in [2.45, 2.75) is 0 Å². The van der Waals surface area contributed by atoms with Gasteiger partial charge >= 0.3 is 0 Å². The van der Waals surface area contributed by atoms with Crippen molar-refractivity contribution < 1.29 is 19.5 Å². The lowest BCUT2D eigenvalue weighted by molar-refractivity contribution is -0.384. The zero-order valence-corrected chi connectivity index (χ0v) is 16.2. The number of non-ortho nitro benzene ring substituents is 1. The lowest BCUT2D eigenvalue weighted by atomic mass is 10.2. The Morgan fingerprint density at radius 3 is 2.30 bits per heavy atom. The number of aromatic hydroxyl groups is 1. The highest BCUT2D eigenvalue weighted by Gasteiger charge is 2.06. The van der Waals surface area contributed by atoms with Crippen molar-refractivity contribution in [3.63, 3.8) is 0 Å². The third-order valence-corrected chi connectivity index (χ3v) is 4.08. The minimum absolute atomic E-state index is 0.0222. The Balaban J connectivity index is 1.81. The zero-order valence-electron chi connectivity index (χ0n) is 16.2. The Hall–Kier alpha value is -4.27. The van der Waals surface area contributed by atoms with Crippen LogP contribution in [0.1, 0.15) is 5.56 Å². The first-order valence-electron chi connectivity index (χ1n) is 8.75. The highest BCUT2D eigenvalue weighted by molar-refractivity contribution is 5.87. The van der Waals surface area contributed by atoms with E-state index in [1.807, 2.05) is 0 Å². The smallest absolute Gasteiger partial charge is 0.269 e. The van der Waals surface area contributed by atoms with Crippen molar-refractivity contribution in [2.75, 3.05) is 14.2 Å². The molecule has 1 N–H and O–H groups in total. The Morgan fingerprint density at radius 2 is 1.63 bits per heavy atom. The van der Waals surface area contributed by atoms with Gasteiger partial charge in [0, 0.05) is 30.0 Å². The van der Waals surface area contributed by atoms with E-state index >= 15 is 0 Å². The molecule has 152 valence electrons. The number of methoxy groups -OCH3 is 2. The van der Waals surface area contributed by atoms with E-state index < -0.39 is 4.92 Å². The summed E-state index contributed by atoms with van der Waals surface area (Å²) >= 11 is 0. The predicted octanol–water partition coefficient (Wildman–Crippen LogP) is 5.48. The van der Waals surface area contributed by atoms with Crippen molar-refractivity contribution in [1.29, 1.82) is 0 Å². The van der Waals surface area contributed by atoms with Gasteiger partial charge in [0.15, 0.2) is 0 Å². The van der Waals surface area contributed by atoms with Gasteiger partial charge in [0.05, 0.1) is 30.5 Å². The molecule has 0 aliphatic carbocycles. The molecule has 9 heteroatoms. The number of hydrogen-bond donors (Lipinski definition) is 1. The molecule has 0 amide bonds. The molecular formula is C21H18N4O5. The number of phenolic OH excluding ortho intramolecular Hbond substituents is 1. The number of ether oxygens (including phenoxy) is 2. The lowest BCUT2D eigenvalue weighted by Gasteiger charge is -2.07. The van der Waals surface area contributed by atoms with Crippen LogP contribution in [0.15, 0.2) is 75.9 Å². The van der Waals surface area contributed by atoms with Crippen molar-refractivity contribution in [2.24, 2.45) is 15.2 Å². The highest BCUT2D eigenvalue weighted by atomic mass is 16.6. The van der Waals surface area contributed by atoms with Crippen LogP contribution in [-0.2, 0) is 0 Å². The SMILES string of the molecule is COc1ccc(N=Cc2cc(N=Nc3ccc([N+](=O)[O-])cc3)ccc2O)c(OC)c1. The average Bonchev–Trinajstić information content (AvgIpc) is 2.77. The minimum atomic E-state index is -0.482. The van der Waals surface area contributed by atoms with Gasteiger partial charge in [-0.3, -0.25) is 15.1 Å². The second-order valence-electron chi connectivity index (χ2n) is 6.01. The van der Waals surface area contributed by atoms with E-state index in [1.165, 1.54) is 43.7 Å². The van der Waals surface area contributed by atoms with Gasteiger partial charge < -0.3 is 14.6 Å². The van der Waals surface area contributed by atoms with Crippen LogP contribution in [-0.4, -0.2) is 30.5 Å². The lowest BCUT2D eigenvalue weighted by Crippen LogP contribution is -1.88. The number of rotatable bonds is 7. The summed E-state index contributed by atoms with van der Waals surface area (Å²) in [6.07, 6.45) is 1.49. The molecule has 0 saturated carbocycles. The average molecular weight is 406 g/mol. The Bertz CT molecular complexity index is 1110. The Morgan fingerprint density at radius 1 is 0.933 bits per heavy atom. The van der Waals surface area contributed by atoms with Gasteiger partial charge in [-0.2, -0.15) is 10.2 Å². The molecule has 9 nitrogen and oxygen atoms in total. The van der Waals surface area contributed by atoms with Crippen LogP contribution in [0.4, 0.5) is 22.7 Å². The van der Waals surface area contributed by atoms with E-state index in [4.69, 9.17) is 9.47 Å². The molecule has 0 spiro atoms. The van der Waals surface area contributed by atoms with Crippen LogP contribution in [0.5, 0.6) is 17.2 Å². The Kier molecular flexibility index (Phi) is 6.33. The first-order chi connectivity index (χ1) is 14.5. The summed E-state index contributed by atoms with van der Waals surface area (Å²) in [5.74, 6) is 1.20. The number of phenols is 1. The highest BCUT2D eigenvalue weighted by Crippen LogP contribution is 2.32. The molecule has 3 aromatic rings. The third-order valence-electron chi connectivity index (χ3n) is 4.08. The number of azo groups is 1. The van der Waals surface area contributed by atoms with Gasteiger partial charge in [-0.25, -0.2) is 0 Å². The van der Waals surface area contributed by atoms with Crippen LogP contribution < -0.4 is 9.47 Å². The van der Waals surface area contributed by atoms with Gasteiger partial charge in [0.1, 0.15) is 22.9 Å². The van der Waals surface area contributed by atoms with E-state index in [1.54, 1.807) is 37.4 Å². The number of hydrogen-bond acceptors (Lipinski definition) is 8. The molecule has 0 radical (unpaired) electrons. The topological polar surface area (TPSA) is 119 Å². The monoisotopic (exact) mass is 406 g/mol. The van der Waals surface area contributed by atoms with Crippen LogP contribution in [0.2, 0.25) is 0 Å². The molecule has 3 aromatic carbocycles. The van der Waals surface area contributed by atoms with Crippen molar-refractivity contribution in [3.05, 3.63) is 76.3 Å². The first-order valence-corrected chi connectivity index (χ1v) is 8.75. The molecule has 0 heterocycles. The molecule has 0 saturated heterocycles. The van der Waals surface area contributed by atoms with Crippen LogP contribution in [0.25, 0.3) is 0 Å². The fraction of sp³-hybridized carbons (Fsp3) is 0.0952. The second kappa shape index (κ2) is 9.28. The fourth-order valence-corrected chi connectivity index (χ4v) is 2.49. The molecule has 30 heavy (non-hydrogen) atoms. The molecular weight excluding hydrogens is 388 g/mol. The van der Waals surface area contributed by atoms with Crippen LogP contribution in [0.3, 0.4) is 0 Å². The van der Waals surface area contributed by atoms with E-state index in [0.29, 0.717) is 34.1 Å². The fourth-order valence-electron chi connectivity index (χ4n) is 2.49. The summed E-state index contributed by atoms with van der Waals surface area (Å²) in [5, 5.41) is 29.0. The molecule has 0 aliphatic heterocycles. The number of nitrogens with zero attached hydrogens (tertiary/aromatic N) is 4. The minimum Gasteiger partial charge on any atom is -0.507 e. The van der Waals surface area contributed by atoms with Gasteiger partial charge in [-0.15, -0.1) is 0 Å². The molecule has 3 rings (SSSR count). The molecule has 0 unspecified atom stereocenters. The molecule has 0 aromatic heterocycles. The number of nitro groups is 1. The second-order valence-corrected chi connectivity index (χ2v) is 6.01. The molecule has 0 fully saturated rings. The van der Waals surface area contributed by atoms with Crippen LogP contribution >= 0.6 is 0 Å². The van der Waals surface area contributed by atoms with E-state index in [-0.39, 0.29) is 11.4 Å². The maximum atomic E-state index is 10.7. The van der Waals surface area contributed by atoms with Gasteiger partial charge in [0.2, 0.25) is 0 Å². The third kappa shape index (κ3) is 4.96. The molecule has 0 atom stereocenters. The van der Waals surface area contributed by atoms with E-state index in [2.05, 4.69) is 15.2 Å². The van der Waals surface area contributed by atoms with Crippen molar-refractivity contribution in [3.8, 4) is 17.2 Å². The maximum absolute atomic E-state index is 10.7. The molecule has 0 bridgehead atoms. The van der Waals surface area contributed by atoms with Gasteiger partial charge in [-0.1, -0.05) is 0 Å².